The van der Waals surface area contributed by atoms with E-state index in [0.29, 0.717) is 10.8 Å². The van der Waals surface area contributed by atoms with Crippen LogP contribution in [0.3, 0.4) is 0 Å². The van der Waals surface area contributed by atoms with E-state index in [9.17, 15) is 13.2 Å². The average Bonchev–Trinajstić information content (AvgIpc) is 3.00. The number of sulfonamides is 1. The van der Waals surface area contributed by atoms with Gasteiger partial charge in [-0.15, -0.1) is 11.3 Å². The Balaban J connectivity index is 1.98. The summed E-state index contributed by atoms with van der Waals surface area (Å²) in [5, 5.41) is 1.81. The first-order valence-electron chi connectivity index (χ1n) is 6.77. The number of thiophene rings is 1. The van der Waals surface area contributed by atoms with Gasteiger partial charge in [-0.1, -0.05) is 6.42 Å². The van der Waals surface area contributed by atoms with Crippen molar-refractivity contribution in [3.8, 4) is 0 Å². The van der Waals surface area contributed by atoms with Crippen molar-refractivity contribution in [3.05, 3.63) is 17.0 Å². The molecule has 1 saturated carbocycles. The van der Waals surface area contributed by atoms with Crippen LogP contribution in [-0.2, 0) is 14.8 Å². The van der Waals surface area contributed by atoms with E-state index in [1.807, 2.05) is 12.3 Å². The molecular formula is C13H18N2O3S2. The van der Waals surface area contributed by atoms with Crippen LogP contribution in [0.15, 0.2) is 15.7 Å². The summed E-state index contributed by atoms with van der Waals surface area (Å²) in [6, 6.07) is 0.987. The number of nitrogens with zero attached hydrogens (tertiary/aromatic N) is 1. The molecule has 1 amide bonds. The van der Waals surface area contributed by atoms with Gasteiger partial charge in [-0.05, 0) is 48.6 Å². The molecule has 7 heteroatoms. The molecule has 1 aromatic rings. The highest BCUT2D eigenvalue weighted by molar-refractivity contribution is 7.91. The van der Waals surface area contributed by atoms with E-state index < -0.39 is 22.0 Å². The van der Waals surface area contributed by atoms with Gasteiger partial charge >= 0.3 is 0 Å². The highest BCUT2D eigenvalue weighted by Crippen LogP contribution is 2.44. The van der Waals surface area contributed by atoms with Crippen LogP contribution < -0.4 is 5.73 Å². The molecule has 110 valence electrons. The summed E-state index contributed by atoms with van der Waals surface area (Å²) in [5.41, 5.74) is 6.40. The summed E-state index contributed by atoms with van der Waals surface area (Å²) < 4.78 is 27.1. The Bertz CT molecular complexity index is 638. The highest BCUT2D eigenvalue weighted by Gasteiger charge is 2.51. The van der Waals surface area contributed by atoms with E-state index in [1.54, 1.807) is 6.07 Å². The number of hydrogen-bond donors (Lipinski definition) is 1. The molecule has 0 bridgehead atoms. The molecule has 3 atom stereocenters. The van der Waals surface area contributed by atoms with Crippen molar-refractivity contribution < 1.29 is 13.2 Å². The van der Waals surface area contributed by atoms with Gasteiger partial charge in [-0.25, -0.2) is 8.42 Å². The number of carbonyl (C=O) groups is 1. The first-order chi connectivity index (χ1) is 9.41. The van der Waals surface area contributed by atoms with Crippen LogP contribution in [0.2, 0.25) is 0 Å². The van der Waals surface area contributed by atoms with E-state index >= 15 is 0 Å². The summed E-state index contributed by atoms with van der Waals surface area (Å²) >= 11 is 1.20. The summed E-state index contributed by atoms with van der Waals surface area (Å²) in [7, 11) is -3.60. The maximum absolute atomic E-state index is 12.7. The highest BCUT2D eigenvalue weighted by atomic mass is 32.2. The number of carbonyl (C=O) groups excluding carboxylic acids is 1. The molecule has 2 heterocycles. The molecule has 1 aromatic heterocycles. The zero-order valence-corrected chi connectivity index (χ0v) is 12.9. The van der Waals surface area contributed by atoms with Crippen LogP contribution in [-0.4, -0.2) is 31.2 Å². The predicted molar refractivity (Wildman–Crippen MR) is 76.8 cm³/mol. The van der Waals surface area contributed by atoms with Crippen molar-refractivity contribution in [2.24, 2.45) is 17.6 Å². The maximum atomic E-state index is 12.7. The van der Waals surface area contributed by atoms with Crippen LogP contribution in [0, 0.1) is 18.8 Å². The van der Waals surface area contributed by atoms with Gasteiger partial charge in [0.15, 0.2) is 0 Å². The number of nitrogens with two attached hydrogens (primary N) is 1. The average molecular weight is 314 g/mol. The smallest absolute Gasteiger partial charge is 0.253 e. The molecule has 1 aliphatic carbocycles. The van der Waals surface area contributed by atoms with Crippen LogP contribution in [0.4, 0.5) is 0 Å². The lowest BCUT2D eigenvalue weighted by atomic mass is 9.94. The number of hydrogen-bond acceptors (Lipinski definition) is 4. The lowest BCUT2D eigenvalue weighted by Crippen LogP contribution is -2.46. The van der Waals surface area contributed by atoms with E-state index in [1.165, 1.54) is 15.6 Å². The van der Waals surface area contributed by atoms with Gasteiger partial charge < -0.3 is 5.73 Å². The van der Waals surface area contributed by atoms with Gasteiger partial charge in [-0.3, -0.25) is 4.79 Å². The summed E-state index contributed by atoms with van der Waals surface area (Å²) in [6.07, 6.45) is 2.95. The second kappa shape index (κ2) is 4.82. The van der Waals surface area contributed by atoms with Crippen LogP contribution >= 0.6 is 11.3 Å². The minimum atomic E-state index is -3.60. The first kappa shape index (κ1) is 14.0. The third kappa shape index (κ3) is 2.08. The van der Waals surface area contributed by atoms with Crippen LogP contribution in [0.1, 0.15) is 24.8 Å². The van der Waals surface area contributed by atoms with Gasteiger partial charge in [0.05, 0.1) is 0 Å². The van der Waals surface area contributed by atoms with Crippen molar-refractivity contribution in [2.45, 2.75) is 36.4 Å². The fourth-order valence-corrected chi connectivity index (χ4v) is 6.58. The van der Waals surface area contributed by atoms with Gasteiger partial charge in [-0.2, -0.15) is 4.31 Å². The second-order valence-electron chi connectivity index (χ2n) is 5.72. The number of aryl methyl sites for hydroxylation is 1. The lowest BCUT2D eigenvalue weighted by Gasteiger charge is -2.23. The SMILES string of the molecule is Cc1csc(S(=O)(=O)N2C[C@@H]3CCC[C@@H]3[C@@H]2C(N)=O)c1. The van der Waals surface area contributed by atoms with Crippen LogP contribution in [0.25, 0.3) is 0 Å². The number of fused-ring (bicyclic) bond motifs is 1. The predicted octanol–water partition coefficient (Wildman–Crippen LogP) is 1.33. The maximum Gasteiger partial charge on any atom is 0.253 e. The molecule has 3 rings (SSSR count). The molecule has 0 spiro atoms. The molecule has 2 N–H and O–H groups in total. The Kier molecular flexibility index (Phi) is 3.38. The van der Waals surface area contributed by atoms with Crippen molar-refractivity contribution in [3.63, 3.8) is 0 Å². The molecule has 0 aromatic carbocycles. The largest absolute Gasteiger partial charge is 0.368 e. The summed E-state index contributed by atoms with van der Waals surface area (Å²) in [4.78, 5) is 11.8. The number of primary amides is 1. The first-order valence-corrected chi connectivity index (χ1v) is 9.09. The molecule has 0 unspecified atom stereocenters. The van der Waals surface area contributed by atoms with E-state index in [0.717, 1.165) is 24.8 Å². The minimum absolute atomic E-state index is 0.100. The van der Waals surface area contributed by atoms with Crippen LogP contribution in [0.5, 0.6) is 0 Å². The Morgan fingerprint density at radius 2 is 2.20 bits per heavy atom. The third-order valence-corrected chi connectivity index (χ3v) is 7.79. The fraction of sp³-hybridized carbons (Fsp3) is 0.615. The number of amides is 1. The van der Waals surface area contributed by atoms with Crippen molar-refractivity contribution in [1.29, 1.82) is 0 Å². The Morgan fingerprint density at radius 1 is 1.45 bits per heavy atom. The van der Waals surface area contributed by atoms with Gasteiger partial charge in [0, 0.05) is 6.54 Å². The van der Waals surface area contributed by atoms with Crippen molar-refractivity contribution in [2.75, 3.05) is 6.54 Å². The quantitative estimate of drug-likeness (QED) is 0.914. The summed E-state index contributed by atoms with van der Waals surface area (Å²) in [6.45, 7) is 2.29. The number of rotatable bonds is 3. The zero-order valence-electron chi connectivity index (χ0n) is 11.3. The molecule has 0 radical (unpaired) electrons. The van der Waals surface area contributed by atoms with E-state index in [-0.39, 0.29) is 11.8 Å². The fourth-order valence-electron chi connectivity index (χ4n) is 3.52. The van der Waals surface area contributed by atoms with Crippen molar-refractivity contribution >= 4 is 27.3 Å². The van der Waals surface area contributed by atoms with Gasteiger partial charge in [0.1, 0.15) is 10.3 Å². The normalized spacial score (nSPS) is 30.6. The molecule has 5 nitrogen and oxygen atoms in total. The Hall–Kier alpha value is -0.920. The lowest BCUT2D eigenvalue weighted by molar-refractivity contribution is -0.122. The molecular weight excluding hydrogens is 296 g/mol. The monoisotopic (exact) mass is 314 g/mol. The second-order valence-corrected chi connectivity index (χ2v) is 8.75. The minimum Gasteiger partial charge on any atom is -0.368 e. The Morgan fingerprint density at radius 3 is 2.80 bits per heavy atom. The molecule has 1 saturated heterocycles. The van der Waals surface area contributed by atoms with Gasteiger partial charge in [0.25, 0.3) is 10.0 Å². The third-order valence-electron chi connectivity index (χ3n) is 4.41. The van der Waals surface area contributed by atoms with E-state index in [2.05, 4.69) is 0 Å². The summed E-state index contributed by atoms with van der Waals surface area (Å²) in [5.74, 6) is -0.136. The molecule has 1 aliphatic heterocycles. The zero-order chi connectivity index (χ0) is 14.5. The molecule has 2 aliphatic rings. The van der Waals surface area contributed by atoms with Gasteiger partial charge in [0.2, 0.25) is 5.91 Å². The molecule has 2 fully saturated rings. The Labute approximate surface area is 122 Å². The van der Waals surface area contributed by atoms with Crippen molar-refractivity contribution in [1.82, 2.24) is 4.31 Å². The van der Waals surface area contributed by atoms with E-state index in [4.69, 9.17) is 5.73 Å². The topological polar surface area (TPSA) is 80.5 Å². The standard InChI is InChI=1S/C13H18N2O3S2/c1-8-5-11(19-7-8)20(17,18)15-6-9-3-2-4-10(9)12(15)13(14)16/h5,7,9-10,12H,2-4,6H2,1H3,(H2,14,16)/t9-,10-,12+/m0/s1. The molecule has 20 heavy (non-hydrogen) atoms.